The molecule has 2 fully saturated rings. The SMILES string of the molecule is NC(=O)NC(=O)[C@H](c1ccccc1)[NH+]1CC[C@@H]2CCCC[C@@H]2C1. The van der Waals surface area contributed by atoms with Crippen LogP contribution < -0.4 is 16.0 Å². The normalized spacial score (nSPS) is 28.4. The summed E-state index contributed by atoms with van der Waals surface area (Å²) in [7, 11) is 0. The maximum atomic E-state index is 12.6. The number of carbonyl (C=O) groups excluding carboxylic acids is 2. The first-order chi connectivity index (χ1) is 11.1. The first kappa shape index (κ1) is 16.0. The van der Waals surface area contributed by atoms with Crippen molar-refractivity contribution in [2.75, 3.05) is 13.1 Å². The fourth-order valence-corrected chi connectivity index (χ4v) is 4.42. The summed E-state index contributed by atoms with van der Waals surface area (Å²) in [4.78, 5) is 25.0. The molecule has 2 aliphatic rings. The summed E-state index contributed by atoms with van der Waals surface area (Å²) in [6.07, 6.45) is 6.43. The maximum absolute atomic E-state index is 12.6. The number of carbonyl (C=O) groups is 2. The summed E-state index contributed by atoms with van der Waals surface area (Å²) in [5.41, 5.74) is 6.12. The minimum Gasteiger partial charge on any atom is -0.351 e. The molecular formula is C18H26N3O2+. The molecule has 124 valence electrons. The van der Waals surface area contributed by atoms with E-state index < -0.39 is 6.03 Å². The lowest BCUT2D eigenvalue weighted by Crippen LogP contribution is -3.15. The number of amides is 3. The number of nitrogens with one attached hydrogen (secondary N) is 2. The van der Waals surface area contributed by atoms with Crippen LogP contribution >= 0.6 is 0 Å². The van der Waals surface area contributed by atoms with Gasteiger partial charge in [-0.3, -0.25) is 10.1 Å². The summed E-state index contributed by atoms with van der Waals surface area (Å²) in [5, 5.41) is 2.29. The number of fused-ring (bicyclic) bond motifs is 1. The van der Waals surface area contributed by atoms with E-state index in [4.69, 9.17) is 5.73 Å². The van der Waals surface area contributed by atoms with Crippen LogP contribution in [0.1, 0.15) is 43.7 Å². The van der Waals surface area contributed by atoms with Gasteiger partial charge in [0.05, 0.1) is 13.1 Å². The molecule has 1 saturated heterocycles. The molecule has 3 amide bonds. The molecule has 1 unspecified atom stereocenters. The fraction of sp³-hybridized carbons (Fsp3) is 0.556. The Hall–Kier alpha value is -1.88. The van der Waals surface area contributed by atoms with Crippen molar-refractivity contribution < 1.29 is 14.5 Å². The van der Waals surface area contributed by atoms with Crippen molar-refractivity contribution in [2.24, 2.45) is 17.6 Å². The van der Waals surface area contributed by atoms with Crippen molar-refractivity contribution in [1.29, 1.82) is 0 Å². The summed E-state index contributed by atoms with van der Waals surface area (Å²) < 4.78 is 0. The highest BCUT2D eigenvalue weighted by atomic mass is 16.2. The number of urea groups is 1. The van der Waals surface area contributed by atoms with E-state index in [-0.39, 0.29) is 11.9 Å². The van der Waals surface area contributed by atoms with E-state index in [0.717, 1.165) is 24.6 Å². The number of quaternary nitrogens is 1. The standard InChI is InChI=1S/C18H25N3O2/c19-18(23)20-17(22)16(14-7-2-1-3-8-14)21-11-10-13-6-4-5-9-15(13)12-21/h1-3,7-8,13,15-16H,4-6,9-12H2,(H3,19,20,22,23)/p+1/t13-,15+,16-/m0/s1. The number of piperidine rings is 1. The summed E-state index contributed by atoms with van der Waals surface area (Å²) in [6, 6.07) is 8.61. The van der Waals surface area contributed by atoms with Crippen molar-refractivity contribution in [3.8, 4) is 0 Å². The predicted molar refractivity (Wildman–Crippen MR) is 87.7 cm³/mol. The lowest BCUT2D eigenvalue weighted by atomic mass is 9.74. The molecule has 1 heterocycles. The van der Waals surface area contributed by atoms with Gasteiger partial charge in [0, 0.05) is 11.5 Å². The highest BCUT2D eigenvalue weighted by Gasteiger charge is 2.40. The van der Waals surface area contributed by atoms with Crippen LogP contribution in [0.3, 0.4) is 0 Å². The Kier molecular flexibility index (Phi) is 4.96. The fourth-order valence-electron chi connectivity index (χ4n) is 4.42. The second-order valence-electron chi connectivity index (χ2n) is 6.90. The van der Waals surface area contributed by atoms with Gasteiger partial charge in [0.1, 0.15) is 0 Å². The van der Waals surface area contributed by atoms with Crippen molar-refractivity contribution in [2.45, 2.75) is 38.1 Å². The topological polar surface area (TPSA) is 76.6 Å². The largest absolute Gasteiger partial charge is 0.351 e. The van der Waals surface area contributed by atoms with Crippen LogP contribution in [-0.2, 0) is 4.79 Å². The van der Waals surface area contributed by atoms with E-state index >= 15 is 0 Å². The molecule has 4 N–H and O–H groups in total. The van der Waals surface area contributed by atoms with Gasteiger partial charge in [-0.25, -0.2) is 4.79 Å². The number of benzene rings is 1. The van der Waals surface area contributed by atoms with Crippen LogP contribution in [0, 0.1) is 11.8 Å². The van der Waals surface area contributed by atoms with Crippen molar-refractivity contribution >= 4 is 11.9 Å². The van der Waals surface area contributed by atoms with E-state index in [2.05, 4.69) is 5.32 Å². The number of likely N-dealkylation sites (tertiary alicyclic amines) is 1. The first-order valence-corrected chi connectivity index (χ1v) is 8.65. The lowest BCUT2D eigenvalue weighted by molar-refractivity contribution is -0.932. The summed E-state index contributed by atoms with van der Waals surface area (Å²) in [5.74, 6) is 1.25. The summed E-state index contributed by atoms with van der Waals surface area (Å²) >= 11 is 0. The van der Waals surface area contributed by atoms with Crippen LogP contribution in [0.15, 0.2) is 30.3 Å². The smallest absolute Gasteiger partial charge is 0.319 e. The second kappa shape index (κ2) is 7.13. The Morgan fingerprint density at radius 1 is 1.09 bits per heavy atom. The zero-order valence-electron chi connectivity index (χ0n) is 13.5. The van der Waals surface area contributed by atoms with Crippen molar-refractivity contribution in [1.82, 2.24) is 5.32 Å². The Labute approximate surface area is 137 Å². The van der Waals surface area contributed by atoms with Gasteiger partial charge in [0.25, 0.3) is 5.91 Å². The Morgan fingerprint density at radius 2 is 1.78 bits per heavy atom. The van der Waals surface area contributed by atoms with E-state index in [1.165, 1.54) is 37.0 Å². The zero-order valence-corrected chi connectivity index (χ0v) is 13.5. The molecule has 4 atom stereocenters. The van der Waals surface area contributed by atoms with E-state index in [1.54, 1.807) is 0 Å². The Bertz CT molecular complexity index is 561. The average molecular weight is 316 g/mol. The molecule has 23 heavy (non-hydrogen) atoms. The number of imide groups is 1. The molecule has 1 saturated carbocycles. The number of rotatable bonds is 3. The van der Waals surface area contributed by atoms with Crippen molar-refractivity contribution in [3.63, 3.8) is 0 Å². The van der Waals surface area contributed by atoms with Crippen LogP contribution in [0.2, 0.25) is 0 Å². The molecular weight excluding hydrogens is 290 g/mol. The Balaban J connectivity index is 1.80. The van der Waals surface area contributed by atoms with Crippen LogP contribution in [0.4, 0.5) is 4.79 Å². The first-order valence-electron chi connectivity index (χ1n) is 8.65. The number of primary amides is 1. The number of hydrogen-bond donors (Lipinski definition) is 3. The average Bonchev–Trinajstić information content (AvgIpc) is 2.55. The van der Waals surface area contributed by atoms with Gasteiger partial charge in [-0.15, -0.1) is 0 Å². The minimum absolute atomic E-state index is 0.284. The van der Waals surface area contributed by atoms with E-state index in [9.17, 15) is 9.59 Å². The summed E-state index contributed by atoms with van der Waals surface area (Å²) in [6.45, 7) is 1.99. The molecule has 0 radical (unpaired) electrons. The maximum Gasteiger partial charge on any atom is 0.319 e. The van der Waals surface area contributed by atoms with Crippen molar-refractivity contribution in [3.05, 3.63) is 35.9 Å². The molecule has 3 rings (SSSR count). The molecule has 0 aromatic heterocycles. The van der Waals surface area contributed by atoms with Crippen LogP contribution in [-0.4, -0.2) is 25.0 Å². The second-order valence-corrected chi connectivity index (χ2v) is 6.90. The molecule has 1 aromatic rings. The monoisotopic (exact) mass is 316 g/mol. The molecule has 5 nitrogen and oxygen atoms in total. The van der Waals surface area contributed by atoms with Gasteiger partial charge < -0.3 is 10.6 Å². The quantitative estimate of drug-likeness (QED) is 0.778. The molecule has 1 aliphatic heterocycles. The third-order valence-corrected chi connectivity index (χ3v) is 5.48. The van der Waals surface area contributed by atoms with E-state index in [0.29, 0.717) is 5.92 Å². The molecule has 1 aliphatic carbocycles. The van der Waals surface area contributed by atoms with Gasteiger partial charge in [-0.1, -0.05) is 43.2 Å². The Morgan fingerprint density at radius 3 is 2.48 bits per heavy atom. The lowest BCUT2D eigenvalue weighted by Gasteiger charge is -2.41. The van der Waals surface area contributed by atoms with Gasteiger partial charge in [0.15, 0.2) is 6.04 Å². The van der Waals surface area contributed by atoms with Crippen LogP contribution in [0.25, 0.3) is 0 Å². The highest BCUT2D eigenvalue weighted by Crippen LogP contribution is 2.33. The van der Waals surface area contributed by atoms with Gasteiger partial charge >= 0.3 is 6.03 Å². The molecule has 0 bridgehead atoms. The van der Waals surface area contributed by atoms with Gasteiger partial charge in [0.2, 0.25) is 0 Å². The van der Waals surface area contributed by atoms with Gasteiger partial charge in [-0.05, 0) is 25.2 Å². The highest BCUT2D eigenvalue weighted by molar-refractivity contribution is 5.96. The molecule has 0 spiro atoms. The van der Waals surface area contributed by atoms with Gasteiger partial charge in [-0.2, -0.15) is 0 Å². The number of hydrogen-bond acceptors (Lipinski definition) is 2. The zero-order chi connectivity index (χ0) is 16.2. The predicted octanol–water partition coefficient (Wildman–Crippen LogP) is 1.02. The third-order valence-electron chi connectivity index (χ3n) is 5.48. The van der Waals surface area contributed by atoms with E-state index in [1.807, 2.05) is 30.3 Å². The minimum atomic E-state index is -0.775. The number of nitrogens with two attached hydrogens (primary N) is 1. The third kappa shape index (κ3) is 3.72. The van der Waals surface area contributed by atoms with Crippen LogP contribution in [0.5, 0.6) is 0 Å². The molecule has 5 heteroatoms. The molecule has 1 aromatic carbocycles.